The molecule has 0 saturated heterocycles. The Morgan fingerprint density at radius 3 is 2.70 bits per heavy atom. The van der Waals surface area contributed by atoms with Gasteiger partial charge in [-0.2, -0.15) is 11.8 Å². The smallest absolute Gasteiger partial charge is 0.320 e. The van der Waals surface area contributed by atoms with E-state index in [0.29, 0.717) is 24.5 Å². The number of nitrogens with one attached hydrogen (secondary N) is 1. The van der Waals surface area contributed by atoms with Crippen molar-refractivity contribution in [2.45, 2.75) is 19.0 Å². The standard InChI is InChI=1S/C14H21NO4S/c1-18-12-6-4-5-10(13(12)19-2)9-15-11(14(16)17)7-8-20-3/h4-6,11,15H,7-9H2,1-3H3,(H,16,17)/t11-/m0/s1. The van der Waals surface area contributed by atoms with Gasteiger partial charge >= 0.3 is 5.97 Å². The lowest BCUT2D eigenvalue weighted by Crippen LogP contribution is -2.36. The molecule has 0 fully saturated rings. The quantitative estimate of drug-likeness (QED) is 0.727. The molecule has 1 aromatic rings. The summed E-state index contributed by atoms with van der Waals surface area (Å²) in [4.78, 5) is 11.2. The maximum Gasteiger partial charge on any atom is 0.320 e. The number of para-hydroxylation sites is 1. The Morgan fingerprint density at radius 2 is 2.15 bits per heavy atom. The fourth-order valence-electron chi connectivity index (χ4n) is 1.87. The number of carboxylic acids is 1. The van der Waals surface area contributed by atoms with Crippen LogP contribution < -0.4 is 14.8 Å². The highest BCUT2D eigenvalue weighted by molar-refractivity contribution is 7.98. The van der Waals surface area contributed by atoms with E-state index in [9.17, 15) is 9.90 Å². The Kier molecular flexibility index (Phi) is 7.25. The van der Waals surface area contributed by atoms with Crippen molar-refractivity contribution < 1.29 is 19.4 Å². The molecule has 0 spiro atoms. The van der Waals surface area contributed by atoms with E-state index in [-0.39, 0.29) is 0 Å². The second-order valence-electron chi connectivity index (χ2n) is 4.21. The molecule has 0 aliphatic heterocycles. The van der Waals surface area contributed by atoms with Crippen molar-refractivity contribution in [3.63, 3.8) is 0 Å². The van der Waals surface area contributed by atoms with Crippen molar-refractivity contribution in [3.8, 4) is 11.5 Å². The van der Waals surface area contributed by atoms with Crippen LogP contribution in [0.25, 0.3) is 0 Å². The number of aliphatic carboxylic acids is 1. The molecule has 20 heavy (non-hydrogen) atoms. The summed E-state index contributed by atoms with van der Waals surface area (Å²) in [6.07, 6.45) is 2.55. The lowest BCUT2D eigenvalue weighted by molar-refractivity contribution is -0.139. The first-order valence-electron chi connectivity index (χ1n) is 6.29. The van der Waals surface area contributed by atoms with Gasteiger partial charge < -0.3 is 19.9 Å². The van der Waals surface area contributed by atoms with Gasteiger partial charge in [0.15, 0.2) is 11.5 Å². The monoisotopic (exact) mass is 299 g/mol. The van der Waals surface area contributed by atoms with Crippen LogP contribution >= 0.6 is 11.8 Å². The first-order chi connectivity index (χ1) is 9.63. The summed E-state index contributed by atoms with van der Waals surface area (Å²) in [5.41, 5.74) is 0.877. The molecule has 0 heterocycles. The second kappa shape index (κ2) is 8.71. The van der Waals surface area contributed by atoms with Crippen molar-refractivity contribution >= 4 is 17.7 Å². The number of thioether (sulfide) groups is 1. The van der Waals surface area contributed by atoms with Crippen LogP contribution in [0.1, 0.15) is 12.0 Å². The summed E-state index contributed by atoms with van der Waals surface area (Å²) in [6.45, 7) is 0.422. The third kappa shape index (κ3) is 4.61. The fourth-order valence-corrected chi connectivity index (χ4v) is 2.35. The van der Waals surface area contributed by atoms with Gasteiger partial charge in [-0.05, 0) is 24.5 Å². The van der Waals surface area contributed by atoms with Crippen molar-refractivity contribution in [3.05, 3.63) is 23.8 Å². The summed E-state index contributed by atoms with van der Waals surface area (Å²) < 4.78 is 10.5. The van der Waals surface area contributed by atoms with E-state index >= 15 is 0 Å². The minimum absolute atomic E-state index is 0.422. The maximum atomic E-state index is 11.2. The number of hydrogen-bond acceptors (Lipinski definition) is 5. The zero-order valence-corrected chi connectivity index (χ0v) is 12.8. The van der Waals surface area contributed by atoms with Gasteiger partial charge in [0.25, 0.3) is 0 Å². The molecule has 0 amide bonds. The molecule has 0 radical (unpaired) electrons. The zero-order chi connectivity index (χ0) is 15.0. The number of hydrogen-bond donors (Lipinski definition) is 2. The average molecular weight is 299 g/mol. The van der Waals surface area contributed by atoms with Gasteiger partial charge in [-0.1, -0.05) is 12.1 Å². The third-order valence-electron chi connectivity index (χ3n) is 2.93. The molecule has 0 aliphatic carbocycles. The van der Waals surface area contributed by atoms with E-state index in [1.807, 2.05) is 24.5 Å². The number of carbonyl (C=O) groups is 1. The van der Waals surface area contributed by atoms with Crippen molar-refractivity contribution in [2.75, 3.05) is 26.2 Å². The van der Waals surface area contributed by atoms with Crippen LogP contribution in [-0.4, -0.2) is 43.3 Å². The summed E-state index contributed by atoms with van der Waals surface area (Å²) in [7, 11) is 3.15. The molecule has 1 atom stereocenters. The molecule has 1 aromatic carbocycles. The first-order valence-corrected chi connectivity index (χ1v) is 7.68. The Labute approximate surface area is 123 Å². The topological polar surface area (TPSA) is 67.8 Å². The number of methoxy groups -OCH3 is 2. The highest BCUT2D eigenvalue weighted by Gasteiger charge is 2.17. The van der Waals surface area contributed by atoms with Crippen LogP contribution in [0.15, 0.2) is 18.2 Å². The normalized spacial score (nSPS) is 11.9. The highest BCUT2D eigenvalue weighted by atomic mass is 32.2. The number of carboxylic acid groups (broad SMARTS) is 1. The van der Waals surface area contributed by atoms with Crippen LogP contribution in [0, 0.1) is 0 Å². The summed E-state index contributed by atoms with van der Waals surface area (Å²) in [5.74, 6) is 1.25. The first kappa shape index (κ1) is 16.7. The summed E-state index contributed by atoms with van der Waals surface area (Å²) in [5, 5.41) is 12.2. The molecule has 6 heteroatoms. The maximum absolute atomic E-state index is 11.2. The zero-order valence-electron chi connectivity index (χ0n) is 12.0. The van der Waals surface area contributed by atoms with Gasteiger partial charge in [-0.3, -0.25) is 4.79 Å². The van der Waals surface area contributed by atoms with E-state index < -0.39 is 12.0 Å². The Balaban J connectivity index is 2.74. The van der Waals surface area contributed by atoms with Crippen molar-refractivity contribution in [1.82, 2.24) is 5.32 Å². The number of benzene rings is 1. The van der Waals surface area contributed by atoms with E-state index in [1.165, 1.54) is 0 Å². The van der Waals surface area contributed by atoms with Crippen molar-refractivity contribution in [2.24, 2.45) is 0 Å². The molecule has 2 N–H and O–H groups in total. The molecular weight excluding hydrogens is 278 g/mol. The van der Waals surface area contributed by atoms with Gasteiger partial charge in [0.2, 0.25) is 0 Å². The van der Waals surface area contributed by atoms with Gasteiger partial charge in [0, 0.05) is 12.1 Å². The van der Waals surface area contributed by atoms with Gasteiger partial charge in [0.05, 0.1) is 14.2 Å². The summed E-state index contributed by atoms with van der Waals surface area (Å²) in [6, 6.07) is 5.00. The predicted octanol–water partition coefficient (Wildman–Crippen LogP) is 2.00. The highest BCUT2D eigenvalue weighted by Crippen LogP contribution is 2.30. The molecule has 5 nitrogen and oxygen atoms in total. The minimum atomic E-state index is -0.832. The lowest BCUT2D eigenvalue weighted by atomic mass is 10.1. The Hall–Kier alpha value is -1.40. The summed E-state index contributed by atoms with van der Waals surface area (Å²) >= 11 is 1.63. The molecule has 1 rings (SSSR count). The minimum Gasteiger partial charge on any atom is -0.493 e. The van der Waals surface area contributed by atoms with Crippen LogP contribution in [-0.2, 0) is 11.3 Å². The third-order valence-corrected chi connectivity index (χ3v) is 3.58. The molecule has 0 saturated carbocycles. The van der Waals surface area contributed by atoms with Crippen LogP contribution in [0.3, 0.4) is 0 Å². The van der Waals surface area contributed by atoms with Crippen LogP contribution in [0.5, 0.6) is 11.5 Å². The van der Waals surface area contributed by atoms with E-state index in [2.05, 4.69) is 5.32 Å². The van der Waals surface area contributed by atoms with E-state index in [1.54, 1.807) is 26.0 Å². The molecule has 112 valence electrons. The molecule has 0 aromatic heterocycles. The number of rotatable bonds is 9. The lowest BCUT2D eigenvalue weighted by Gasteiger charge is -2.16. The van der Waals surface area contributed by atoms with Gasteiger partial charge in [-0.15, -0.1) is 0 Å². The van der Waals surface area contributed by atoms with Crippen LogP contribution in [0.2, 0.25) is 0 Å². The molecular formula is C14H21NO4S. The average Bonchev–Trinajstić information content (AvgIpc) is 2.46. The fraction of sp³-hybridized carbons (Fsp3) is 0.500. The number of ether oxygens (including phenoxy) is 2. The van der Waals surface area contributed by atoms with Gasteiger partial charge in [-0.25, -0.2) is 0 Å². The van der Waals surface area contributed by atoms with E-state index in [4.69, 9.17) is 9.47 Å². The molecule has 0 bridgehead atoms. The SMILES string of the molecule is COc1cccc(CN[C@@H](CCSC)C(=O)O)c1OC. The van der Waals surface area contributed by atoms with Crippen molar-refractivity contribution in [1.29, 1.82) is 0 Å². The predicted molar refractivity (Wildman–Crippen MR) is 80.8 cm³/mol. The second-order valence-corrected chi connectivity index (χ2v) is 5.19. The Bertz CT molecular complexity index is 439. The van der Waals surface area contributed by atoms with Crippen LogP contribution in [0.4, 0.5) is 0 Å². The Morgan fingerprint density at radius 1 is 1.40 bits per heavy atom. The molecule has 0 unspecified atom stereocenters. The van der Waals surface area contributed by atoms with E-state index in [0.717, 1.165) is 11.3 Å². The molecule has 0 aliphatic rings. The van der Waals surface area contributed by atoms with Gasteiger partial charge in [0.1, 0.15) is 6.04 Å². The largest absolute Gasteiger partial charge is 0.493 e.